The molecule has 0 aromatic rings. The van der Waals surface area contributed by atoms with Crippen molar-refractivity contribution in [3.63, 3.8) is 0 Å². The topological polar surface area (TPSA) is 12.0 Å². The second-order valence-corrected chi connectivity index (χ2v) is 5.74. The van der Waals surface area contributed by atoms with Crippen LogP contribution in [0.25, 0.3) is 0 Å². The van der Waals surface area contributed by atoms with Crippen LogP contribution in [-0.4, -0.2) is 12.6 Å². The fourth-order valence-electron chi connectivity index (χ4n) is 3.56. The molecule has 0 radical (unpaired) electrons. The van der Waals surface area contributed by atoms with Gasteiger partial charge in [-0.15, -0.1) is 12.3 Å². The minimum atomic E-state index is 0.775. The van der Waals surface area contributed by atoms with Crippen molar-refractivity contribution in [1.82, 2.24) is 5.32 Å². The standard InChI is InChI=1S/C15H25N/c1-2-3-6-13-16-14-7-11-15(12-8-14)9-4-5-10-15/h1,14,16H,3-13H2. The van der Waals surface area contributed by atoms with Crippen molar-refractivity contribution in [3.8, 4) is 12.3 Å². The van der Waals surface area contributed by atoms with E-state index in [4.69, 9.17) is 6.42 Å². The summed E-state index contributed by atoms with van der Waals surface area (Å²) in [6, 6.07) is 0.781. The number of rotatable bonds is 4. The molecule has 0 aliphatic heterocycles. The van der Waals surface area contributed by atoms with E-state index in [9.17, 15) is 0 Å². The minimum Gasteiger partial charge on any atom is -0.314 e. The molecule has 0 atom stereocenters. The normalized spacial score (nSPS) is 24.7. The van der Waals surface area contributed by atoms with Crippen molar-refractivity contribution >= 4 is 0 Å². The van der Waals surface area contributed by atoms with E-state index in [1.54, 1.807) is 0 Å². The van der Waals surface area contributed by atoms with Crippen LogP contribution >= 0.6 is 0 Å². The second kappa shape index (κ2) is 5.73. The SMILES string of the molecule is C#CCCCNC1CCC2(CCCC2)CC1. The molecule has 2 rings (SSSR count). The first-order chi connectivity index (χ1) is 7.85. The van der Waals surface area contributed by atoms with Gasteiger partial charge in [0.1, 0.15) is 0 Å². The Morgan fingerprint density at radius 1 is 1.12 bits per heavy atom. The number of hydrogen-bond acceptors (Lipinski definition) is 1. The summed E-state index contributed by atoms with van der Waals surface area (Å²) >= 11 is 0. The Labute approximate surface area is 100 Å². The van der Waals surface area contributed by atoms with Crippen molar-refractivity contribution in [1.29, 1.82) is 0 Å². The Kier molecular flexibility index (Phi) is 4.29. The Morgan fingerprint density at radius 3 is 2.44 bits per heavy atom. The van der Waals surface area contributed by atoms with Gasteiger partial charge in [-0.05, 0) is 56.9 Å². The van der Waals surface area contributed by atoms with Gasteiger partial charge in [0.2, 0.25) is 0 Å². The molecule has 1 spiro atoms. The van der Waals surface area contributed by atoms with Crippen LogP contribution in [0.3, 0.4) is 0 Å². The lowest BCUT2D eigenvalue weighted by molar-refractivity contribution is 0.168. The van der Waals surface area contributed by atoms with Crippen LogP contribution in [-0.2, 0) is 0 Å². The van der Waals surface area contributed by atoms with Gasteiger partial charge >= 0.3 is 0 Å². The molecular weight excluding hydrogens is 194 g/mol. The quantitative estimate of drug-likeness (QED) is 0.564. The summed E-state index contributed by atoms with van der Waals surface area (Å²) < 4.78 is 0. The van der Waals surface area contributed by atoms with E-state index in [1.807, 2.05) is 0 Å². The van der Waals surface area contributed by atoms with Crippen LogP contribution in [0.5, 0.6) is 0 Å². The first-order valence-electron chi connectivity index (χ1n) is 7.02. The van der Waals surface area contributed by atoms with Gasteiger partial charge in [-0.2, -0.15) is 0 Å². The molecule has 1 N–H and O–H groups in total. The van der Waals surface area contributed by atoms with Crippen molar-refractivity contribution in [3.05, 3.63) is 0 Å². The fraction of sp³-hybridized carbons (Fsp3) is 0.867. The molecule has 0 bridgehead atoms. The minimum absolute atomic E-state index is 0.775. The maximum absolute atomic E-state index is 5.25. The van der Waals surface area contributed by atoms with Crippen molar-refractivity contribution in [2.75, 3.05) is 6.54 Å². The summed E-state index contributed by atoms with van der Waals surface area (Å²) in [6.45, 7) is 1.11. The zero-order chi connectivity index (χ0) is 11.3. The van der Waals surface area contributed by atoms with Crippen LogP contribution in [0.2, 0.25) is 0 Å². The van der Waals surface area contributed by atoms with Gasteiger partial charge in [-0.25, -0.2) is 0 Å². The van der Waals surface area contributed by atoms with E-state index in [0.29, 0.717) is 0 Å². The van der Waals surface area contributed by atoms with Crippen LogP contribution < -0.4 is 5.32 Å². The average molecular weight is 219 g/mol. The highest BCUT2D eigenvalue weighted by Gasteiger charge is 2.37. The summed E-state index contributed by atoms with van der Waals surface area (Å²) in [5, 5.41) is 3.67. The van der Waals surface area contributed by atoms with Gasteiger partial charge in [-0.3, -0.25) is 0 Å². The van der Waals surface area contributed by atoms with Gasteiger partial charge in [0.25, 0.3) is 0 Å². The van der Waals surface area contributed by atoms with Crippen LogP contribution in [0, 0.1) is 17.8 Å². The number of hydrogen-bond donors (Lipinski definition) is 1. The highest BCUT2D eigenvalue weighted by Crippen LogP contribution is 2.48. The summed E-state index contributed by atoms with van der Waals surface area (Å²) in [4.78, 5) is 0. The number of nitrogens with one attached hydrogen (secondary N) is 1. The molecule has 0 saturated heterocycles. The maximum Gasteiger partial charge on any atom is 0.00981 e. The monoisotopic (exact) mass is 219 g/mol. The molecular formula is C15H25N. The van der Waals surface area contributed by atoms with Crippen molar-refractivity contribution < 1.29 is 0 Å². The predicted molar refractivity (Wildman–Crippen MR) is 69.2 cm³/mol. The molecule has 0 aromatic heterocycles. The zero-order valence-corrected chi connectivity index (χ0v) is 10.4. The molecule has 0 heterocycles. The van der Waals surface area contributed by atoms with Gasteiger partial charge in [0, 0.05) is 12.5 Å². The molecule has 0 aromatic carbocycles. The smallest absolute Gasteiger partial charge is 0.00981 e. The molecule has 2 aliphatic rings. The van der Waals surface area contributed by atoms with Crippen LogP contribution in [0.1, 0.15) is 64.2 Å². The first-order valence-corrected chi connectivity index (χ1v) is 7.02. The first kappa shape index (κ1) is 12.0. The highest BCUT2D eigenvalue weighted by molar-refractivity contribution is 4.91. The lowest BCUT2D eigenvalue weighted by Gasteiger charge is -2.37. The highest BCUT2D eigenvalue weighted by atomic mass is 14.9. The van der Waals surface area contributed by atoms with E-state index in [2.05, 4.69) is 11.2 Å². The van der Waals surface area contributed by atoms with Crippen LogP contribution in [0.15, 0.2) is 0 Å². The zero-order valence-electron chi connectivity index (χ0n) is 10.4. The average Bonchev–Trinajstić information content (AvgIpc) is 2.76. The second-order valence-electron chi connectivity index (χ2n) is 5.74. The lowest BCUT2D eigenvalue weighted by Crippen LogP contribution is -2.37. The third kappa shape index (κ3) is 3.01. The van der Waals surface area contributed by atoms with E-state index in [0.717, 1.165) is 30.8 Å². The Bertz CT molecular complexity index is 235. The van der Waals surface area contributed by atoms with Gasteiger partial charge in [-0.1, -0.05) is 12.8 Å². The molecule has 90 valence electrons. The van der Waals surface area contributed by atoms with Crippen LogP contribution in [0.4, 0.5) is 0 Å². The molecule has 1 nitrogen and oxygen atoms in total. The molecule has 0 unspecified atom stereocenters. The third-order valence-electron chi connectivity index (χ3n) is 4.64. The Hall–Kier alpha value is -0.480. The molecule has 2 saturated carbocycles. The number of unbranched alkanes of at least 4 members (excludes halogenated alkanes) is 1. The van der Waals surface area contributed by atoms with E-state index < -0.39 is 0 Å². The molecule has 16 heavy (non-hydrogen) atoms. The van der Waals surface area contributed by atoms with Gasteiger partial charge in [0.15, 0.2) is 0 Å². The predicted octanol–water partition coefficient (Wildman–Crippen LogP) is 3.49. The summed E-state index contributed by atoms with van der Waals surface area (Å²) in [5.74, 6) is 2.71. The molecule has 1 heteroatoms. The molecule has 2 fully saturated rings. The maximum atomic E-state index is 5.25. The fourth-order valence-corrected chi connectivity index (χ4v) is 3.56. The van der Waals surface area contributed by atoms with Crippen molar-refractivity contribution in [2.24, 2.45) is 5.41 Å². The van der Waals surface area contributed by atoms with Crippen molar-refractivity contribution in [2.45, 2.75) is 70.3 Å². The molecule has 2 aliphatic carbocycles. The van der Waals surface area contributed by atoms with Gasteiger partial charge in [0.05, 0.1) is 0 Å². The Morgan fingerprint density at radius 2 is 1.81 bits per heavy atom. The number of terminal acetylenes is 1. The van der Waals surface area contributed by atoms with Gasteiger partial charge < -0.3 is 5.32 Å². The largest absolute Gasteiger partial charge is 0.314 e. The summed E-state index contributed by atoms with van der Waals surface area (Å²) in [7, 11) is 0. The molecule has 0 amide bonds. The lowest BCUT2D eigenvalue weighted by atomic mass is 9.71. The third-order valence-corrected chi connectivity index (χ3v) is 4.64. The summed E-state index contributed by atoms with van der Waals surface area (Å²) in [6.07, 6.45) is 19.0. The van der Waals surface area contributed by atoms with E-state index >= 15 is 0 Å². The Balaban J connectivity index is 1.63. The van der Waals surface area contributed by atoms with E-state index in [-0.39, 0.29) is 0 Å². The van der Waals surface area contributed by atoms with E-state index in [1.165, 1.54) is 51.4 Å². The summed E-state index contributed by atoms with van der Waals surface area (Å²) in [5.41, 5.74) is 0.775.